The number of piperidine rings is 1. The largest absolute Gasteiger partial charge is 0.317 e. The molecule has 0 aliphatic carbocycles. The molecule has 116 valence electrons. The molecular weight excluding hydrogens is 293 g/mol. The van der Waals surface area contributed by atoms with E-state index in [-0.39, 0.29) is 24.8 Å². The van der Waals surface area contributed by atoms with Crippen LogP contribution in [0, 0.1) is 5.92 Å². The van der Waals surface area contributed by atoms with Gasteiger partial charge in [-0.15, -0.1) is 24.8 Å². The molecule has 2 rings (SSSR count). The van der Waals surface area contributed by atoms with Crippen LogP contribution in [-0.2, 0) is 0 Å². The molecule has 0 radical (unpaired) electrons. The highest BCUT2D eigenvalue weighted by atomic mass is 35.5. The summed E-state index contributed by atoms with van der Waals surface area (Å²) in [5.74, 6) is 0.863. The van der Waals surface area contributed by atoms with Crippen LogP contribution in [0.15, 0.2) is 24.5 Å². The van der Waals surface area contributed by atoms with E-state index in [1.807, 2.05) is 18.5 Å². The maximum absolute atomic E-state index is 4.22. The van der Waals surface area contributed by atoms with Crippen LogP contribution in [0.3, 0.4) is 0 Å². The quantitative estimate of drug-likeness (QED) is 0.902. The molecule has 1 aliphatic heterocycles. The third-order valence-corrected chi connectivity index (χ3v) is 4.05. The fraction of sp³-hybridized carbons (Fsp3) is 0.667. The van der Waals surface area contributed by atoms with Crippen LogP contribution in [0.4, 0.5) is 0 Å². The molecule has 1 aromatic heterocycles. The molecule has 3 nitrogen and oxygen atoms in total. The van der Waals surface area contributed by atoms with Gasteiger partial charge in [0.25, 0.3) is 0 Å². The number of rotatable bonds is 5. The van der Waals surface area contributed by atoms with Gasteiger partial charge in [-0.25, -0.2) is 0 Å². The number of pyridine rings is 1. The van der Waals surface area contributed by atoms with Crippen LogP contribution in [0.25, 0.3) is 0 Å². The first kappa shape index (κ1) is 19.7. The lowest BCUT2D eigenvalue weighted by molar-refractivity contribution is 0.140. The normalized spacial score (nSPS) is 17.9. The van der Waals surface area contributed by atoms with Crippen LogP contribution in [0.1, 0.15) is 38.3 Å². The van der Waals surface area contributed by atoms with Crippen molar-refractivity contribution in [2.24, 2.45) is 5.92 Å². The molecule has 1 unspecified atom stereocenters. The summed E-state index contributed by atoms with van der Waals surface area (Å²) < 4.78 is 0. The van der Waals surface area contributed by atoms with E-state index in [1.54, 1.807) is 0 Å². The molecule has 0 aromatic carbocycles. The summed E-state index contributed by atoms with van der Waals surface area (Å²) in [6.45, 7) is 9.18. The Morgan fingerprint density at radius 3 is 2.60 bits per heavy atom. The van der Waals surface area contributed by atoms with Gasteiger partial charge in [-0.2, -0.15) is 0 Å². The van der Waals surface area contributed by atoms with E-state index in [9.17, 15) is 0 Å². The Hall–Kier alpha value is -0.350. The summed E-state index contributed by atoms with van der Waals surface area (Å²) in [5.41, 5.74) is 1.34. The fourth-order valence-corrected chi connectivity index (χ4v) is 2.73. The third kappa shape index (κ3) is 5.57. The van der Waals surface area contributed by atoms with Crippen LogP contribution in [0.5, 0.6) is 0 Å². The van der Waals surface area contributed by atoms with Gasteiger partial charge < -0.3 is 5.32 Å². The van der Waals surface area contributed by atoms with Crippen LogP contribution >= 0.6 is 24.8 Å². The Bertz CT molecular complexity index is 340. The van der Waals surface area contributed by atoms with Crippen molar-refractivity contribution in [3.8, 4) is 0 Å². The highest BCUT2D eigenvalue weighted by molar-refractivity contribution is 5.85. The second kappa shape index (κ2) is 10.4. The maximum atomic E-state index is 4.22. The molecule has 0 saturated carbocycles. The standard InChI is InChI=1S/C15H25N3.2ClH/c1-3-16-11-14-6-9-18(10-7-14)13(2)15-5-4-8-17-12-15;;/h4-5,8,12-14,16H,3,6-7,9-11H2,1-2H3;2*1H. The average Bonchev–Trinajstić information content (AvgIpc) is 2.46. The molecule has 1 aliphatic rings. The van der Waals surface area contributed by atoms with E-state index < -0.39 is 0 Å². The van der Waals surface area contributed by atoms with Crippen LogP contribution in [0.2, 0.25) is 0 Å². The molecule has 5 heteroatoms. The molecule has 1 saturated heterocycles. The average molecular weight is 320 g/mol. The van der Waals surface area contributed by atoms with Crippen molar-refractivity contribution >= 4 is 24.8 Å². The van der Waals surface area contributed by atoms with E-state index in [0.29, 0.717) is 6.04 Å². The molecule has 0 amide bonds. The number of nitrogens with one attached hydrogen (secondary N) is 1. The molecule has 1 N–H and O–H groups in total. The summed E-state index contributed by atoms with van der Waals surface area (Å²) in [4.78, 5) is 6.80. The Balaban J connectivity index is 0.00000180. The lowest BCUT2D eigenvalue weighted by Crippen LogP contribution is -2.38. The summed E-state index contributed by atoms with van der Waals surface area (Å²) in [5, 5.41) is 3.47. The highest BCUT2D eigenvalue weighted by Crippen LogP contribution is 2.25. The van der Waals surface area contributed by atoms with Crippen molar-refractivity contribution in [2.75, 3.05) is 26.2 Å². The molecule has 1 atom stereocenters. The van der Waals surface area contributed by atoms with E-state index >= 15 is 0 Å². The summed E-state index contributed by atoms with van der Waals surface area (Å²) >= 11 is 0. The minimum Gasteiger partial charge on any atom is -0.317 e. The molecule has 0 bridgehead atoms. The number of hydrogen-bond donors (Lipinski definition) is 1. The maximum Gasteiger partial charge on any atom is 0.0335 e. The third-order valence-electron chi connectivity index (χ3n) is 4.05. The van der Waals surface area contributed by atoms with Gasteiger partial charge in [-0.1, -0.05) is 13.0 Å². The highest BCUT2D eigenvalue weighted by Gasteiger charge is 2.23. The minimum atomic E-state index is 0. The van der Waals surface area contributed by atoms with E-state index in [4.69, 9.17) is 0 Å². The second-order valence-electron chi connectivity index (χ2n) is 5.25. The van der Waals surface area contributed by atoms with Crippen molar-refractivity contribution in [3.63, 3.8) is 0 Å². The van der Waals surface area contributed by atoms with Crippen molar-refractivity contribution in [1.82, 2.24) is 15.2 Å². The molecule has 20 heavy (non-hydrogen) atoms. The van der Waals surface area contributed by atoms with Crippen molar-refractivity contribution in [2.45, 2.75) is 32.7 Å². The second-order valence-corrected chi connectivity index (χ2v) is 5.25. The van der Waals surface area contributed by atoms with E-state index in [0.717, 1.165) is 12.5 Å². The molecule has 2 heterocycles. The van der Waals surface area contributed by atoms with Gasteiger partial charge in [-0.05, 0) is 63.5 Å². The first-order chi connectivity index (χ1) is 8.81. The van der Waals surface area contributed by atoms with Crippen molar-refractivity contribution in [1.29, 1.82) is 0 Å². The Labute approximate surface area is 135 Å². The number of hydrogen-bond acceptors (Lipinski definition) is 3. The monoisotopic (exact) mass is 319 g/mol. The Morgan fingerprint density at radius 2 is 2.05 bits per heavy atom. The number of aromatic nitrogens is 1. The van der Waals surface area contributed by atoms with Gasteiger partial charge in [0.15, 0.2) is 0 Å². The molecule has 1 aromatic rings. The molecule has 0 spiro atoms. The van der Waals surface area contributed by atoms with Gasteiger partial charge in [0, 0.05) is 18.4 Å². The molecular formula is C15H27Cl2N3. The minimum absolute atomic E-state index is 0. The zero-order valence-electron chi connectivity index (χ0n) is 12.4. The van der Waals surface area contributed by atoms with Gasteiger partial charge in [0.05, 0.1) is 0 Å². The zero-order chi connectivity index (χ0) is 12.8. The van der Waals surface area contributed by atoms with Crippen molar-refractivity contribution in [3.05, 3.63) is 30.1 Å². The topological polar surface area (TPSA) is 28.2 Å². The molecule has 1 fully saturated rings. The lowest BCUT2D eigenvalue weighted by Gasteiger charge is -2.36. The number of likely N-dealkylation sites (tertiary alicyclic amines) is 1. The van der Waals surface area contributed by atoms with Crippen LogP contribution in [-0.4, -0.2) is 36.1 Å². The number of nitrogens with zero attached hydrogens (tertiary/aromatic N) is 2. The Morgan fingerprint density at radius 1 is 1.35 bits per heavy atom. The lowest BCUT2D eigenvalue weighted by atomic mass is 9.95. The van der Waals surface area contributed by atoms with Crippen molar-refractivity contribution < 1.29 is 0 Å². The zero-order valence-corrected chi connectivity index (χ0v) is 14.1. The Kier molecular flexibility index (Phi) is 10.2. The van der Waals surface area contributed by atoms with Gasteiger partial charge in [0.2, 0.25) is 0 Å². The summed E-state index contributed by atoms with van der Waals surface area (Å²) in [6, 6.07) is 4.71. The van der Waals surface area contributed by atoms with Gasteiger partial charge in [-0.3, -0.25) is 9.88 Å². The first-order valence-corrected chi connectivity index (χ1v) is 7.16. The van der Waals surface area contributed by atoms with E-state index in [2.05, 4.69) is 35.1 Å². The summed E-state index contributed by atoms with van der Waals surface area (Å²) in [6.07, 6.45) is 6.48. The predicted octanol–water partition coefficient (Wildman–Crippen LogP) is 3.31. The van der Waals surface area contributed by atoms with E-state index in [1.165, 1.54) is 38.0 Å². The summed E-state index contributed by atoms with van der Waals surface area (Å²) in [7, 11) is 0. The SMILES string of the molecule is CCNCC1CCN(C(C)c2cccnc2)CC1.Cl.Cl. The first-order valence-electron chi connectivity index (χ1n) is 7.16. The smallest absolute Gasteiger partial charge is 0.0335 e. The van der Waals surface area contributed by atoms with Gasteiger partial charge in [0.1, 0.15) is 0 Å². The predicted molar refractivity (Wildman–Crippen MR) is 90.0 cm³/mol. The fourth-order valence-electron chi connectivity index (χ4n) is 2.73. The van der Waals surface area contributed by atoms with Crippen LogP contribution < -0.4 is 5.32 Å². The van der Waals surface area contributed by atoms with Gasteiger partial charge >= 0.3 is 0 Å². The number of halogens is 2.